The maximum atomic E-state index is 11.5. The molecule has 0 aliphatic carbocycles. The fourth-order valence-corrected chi connectivity index (χ4v) is 1.38. The number of nitrogens with one attached hydrogen (secondary N) is 1. The molecule has 0 fully saturated rings. The Morgan fingerprint density at radius 3 is 2.31 bits per heavy atom. The van der Waals surface area contributed by atoms with Crippen LogP contribution >= 0.6 is 0 Å². The summed E-state index contributed by atoms with van der Waals surface area (Å²) in [6.45, 7) is 5.90. The molecule has 0 aromatic heterocycles. The molecule has 5 heteroatoms. The van der Waals surface area contributed by atoms with E-state index in [4.69, 9.17) is 10.8 Å². The first kappa shape index (κ1) is 14.9. The number of amides is 1. The van der Waals surface area contributed by atoms with Gasteiger partial charge in [-0.25, -0.2) is 0 Å². The van der Waals surface area contributed by atoms with Gasteiger partial charge in [-0.2, -0.15) is 0 Å². The Balaban J connectivity index is 4.00. The third-order valence-electron chi connectivity index (χ3n) is 2.43. The molecule has 94 valence electrons. The van der Waals surface area contributed by atoms with Gasteiger partial charge in [-0.1, -0.05) is 20.8 Å². The molecule has 5 nitrogen and oxygen atoms in total. The summed E-state index contributed by atoms with van der Waals surface area (Å²) in [4.78, 5) is 22.2. The monoisotopic (exact) mass is 230 g/mol. The van der Waals surface area contributed by atoms with Gasteiger partial charge < -0.3 is 16.2 Å². The second-order valence-electron chi connectivity index (χ2n) is 4.42. The predicted molar refractivity (Wildman–Crippen MR) is 61.9 cm³/mol. The highest BCUT2D eigenvalue weighted by molar-refractivity contribution is 5.82. The molecule has 1 unspecified atom stereocenters. The predicted octanol–water partition coefficient (Wildman–Crippen LogP) is 0.587. The summed E-state index contributed by atoms with van der Waals surface area (Å²) < 4.78 is 0. The van der Waals surface area contributed by atoms with Gasteiger partial charge in [0.15, 0.2) is 0 Å². The van der Waals surface area contributed by atoms with Crippen LogP contribution in [0.3, 0.4) is 0 Å². The van der Waals surface area contributed by atoms with Crippen LogP contribution in [0.1, 0.15) is 33.6 Å². The Kier molecular flexibility index (Phi) is 6.72. The number of carbonyl (C=O) groups excluding carboxylic acids is 1. The van der Waals surface area contributed by atoms with Crippen LogP contribution < -0.4 is 11.1 Å². The summed E-state index contributed by atoms with van der Waals surface area (Å²) in [5, 5.41) is 11.4. The topological polar surface area (TPSA) is 92.4 Å². The zero-order chi connectivity index (χ0) is 12.7. The number of carboxylic acids is 1. The minimum atomic E-state index is -0.889. The van der Waals surface area contributed by atoms with Crippen molar-refractivity contribution in [1.82, 2.24) is 5.32 Å². The lowest BCUT2D eigenvalue weighted by Crippen LogP contribution is -2.43. The molecule has 0 bridgehead atoms. The van der Waals surface area contributed by atoms with Crippen LogP contribution in [-0.4, -0.2) is 29.6 Å². The Morgan fingerprint density at radius 2 is 1.94 bits per heavy atom. The Labute approximate surface area is 96.4 Å². The van der Waals surface area contributed by atoms with E-state index in [2.05, 4.69) is 5.32 Å². The zero-order valence-corrected chi connectivity index (χ0v) is 10.2. The molecule has 0 aromatic carbocycles. The molecule has 0 radical (unpaired) electrons. The molecule has 0 saturated carbocycles. The van der Waals surface area contributed by atoms with Crippen molar-refractivity contribution in [3.63, 3.8) is 0 Å². The summed E-state index contributed by atoms with van der Waals surface area (Å²) in [6.07, 6.45) is 1.10. The number of carbonyl (C=O) groups is 2. The summed E-state index contributed by atoms with van der Waals surface area (Å²) >= 11 is 0. The lowest BCUT2D eigenvalue weighted by Gasteiger charge is -2.16. The minimum Gasteiger partial charge on any atom is -0.481 e. The number of hydrogen-bond donors (Lipinski definition) is 3. The van der Waals surface area contributed by atoms with Crippen molar-refractivity contribution < 1.29 is 14.7 Å². The first-order valence-electron chi connectivity index (χ1n) is 5.64. The van der Waals surface area contributed by atoms with Gasteiger partial charge in [0.25, 0.3) is 0 Å². The number of rotatable bonds is 7. The molecule has 16 heavy (non-hydrogen) atoms. The smallest absolute Gasteiger partial charge is 0.308 e. The van der Waals surface area contributed by atoms with Crippen LogP contribution in [0.5, 0.6) is 0 Å². The van der Waals surface area contributed by atoms with Crippen molar-refractivity contribution >= 4 is 11.9 Å². The fraction of sp³-hybridized carbons (Fsp3) is 0.818. The molecule has 1 amide bonds. The quantitative estimate of drug-likeness (QED) is 0.596. The standard InChI is InChI=1S/C11H22N2O3/c1-4-8(11(15)16)6-13-10(14)9(12)5-7(2)3/h7-9H,4-6,12H2,1-3H3,(H,13,14)(H,15,16)/t8?,9-/m0/s1. The van der Waals surface area contributed by atoms with E-state index in [1.165, 1.54) is 0 Å². The number of aliphatic carboxylic acids is 1. The minimum absolute atomic E-state index is 0.149. The first-order valence-corrected chi connectivity index (χ1v) is 5.64. The number of nitrogens with two attached hydrogens (primary N) is 1. The van der Waals surface area contributed by atoms with E-state index in [9.17, 15) is 9.59 Å². The van der Waals surface area contributed by atoms with Crippen LogP contribution in [-0.2, 0) is 9.59 Å². The molecule has 0 heterocycles. The fourth-order valence-electron chi connectivity index (χ4n) is 1.38. The molecule has 0 rings (SSSR count). The highest BCUT2D eigenvalue weighted by Gasteiger charge is 2.19. The molecule has 2 atom stereocenters. The van der Waals surface area contributed by atoms with E-state index in [1.807, 2.05) is 13.8 Å². The second-order valence-corrected chi connectivity index (χ2v) is 4.42. The number of hydrogen-bond acceptors (Lipinski definition) is 3. The molecule has 0 aromatic rings. The van der Waals surface area contributed by atoms with Gasteiger partial charge in [0, 0.05) is 6.54 Å². The van der Waals surface area contributed by atoms with Crippen molar-refractivity contribution in [2.45, 2.75) is 39.7 Å². The van der Waals surface area contributed by atoms with Crippen molar-refractivity contribution in [2.75, 3.05) is 6.54 Å². The molecule has 4 N–H and O–H groups in total. The summed E-state index contributed by atoms with van der Waals surface area (Å²) in [6, 6.07) is -0.550. The molecule has 0 saturated heterocycles. The normalized spacial score (nSPS) is 14.6. The average Bonchev–Trinajstić information content (AvgIpc) is 2.16. The second kappa shape index (κ2) is 7.22. The maximum absolute atomic E-state index is 11.5. The Hall–Kier alpha value is -1.10. The molecule has 0 aliphatic rings. The molecule has 0 aliphatic heterocycles. The van der Waals surface area contributed by atoms with Crippen LogP contribution in [0.4, 0.5) is 0 Å². The van der Waals surface area contributed by atoms with E-state index in [1.54, 1.807) is 6.92 Å². The van der Waals surface area contributed by atoms with Crippen LogP contribution in [0.15, 0.2) is 0 Å². The first-order chi connectivity index (χ1) is 7.38. The SMILES string of the molecule is CCC(CNC(=O)[C@@H](N)CC(C)C)C(=O)O. The van der Waals surface area contributed by atoms with Gasteiger partial charge in [0.05, 0.1) is 12.0 Å². The van der Waals surface area contributed by atoms with Crippen molar-refractivity contribution in [3.8, 4) is 0 Å². The summed E-state index contributed by atoms with van der Waals surface area (Å²) in [7, 11) is 0. The third-order valence-corrected chi connectivity index (χ3v) is 2.43. The van der Waals surface area contributed by atoms with Crippen molar-refractivity contribution in [1.29, 1.82) is 0 Å². The number of carboxylic acid groups (broad SMARTS) is 1. The van der Waals surface area contributed by atoms with Crippen LogP contribution in [0.25, 0.3) is 0 Å². The van der Waals surface area contributed by atoms with Gasteiger partial charge in [0.2, 0.25) is 5.91 Å². The Bertz CT molecular complexity index is 241. The van der Waals surface area contributed by atoms with Crippen molar-refractivity contribution in [3.05, 3.63) is 0 Å². The van der Waals surface area contributed by atoms with Gasteiger partial charge >= 0.3 is 5.97 Å². The third kappa shape index (κ3) is 5.70. The van der Waals surface area contributed by atoms with E-state index in [0.29, 0.717) is 18.8 Å². The highest BCUT2D eigenvalue weighted by Crippen LogP contribution is 2.04. The lowest BCUT2D eigenvalue weighted by molar-refractivity contribution is -0.141. The largest absolute Gasteiger partial charge is 0.481 e. The van der Waals surface area contributed by atoms with Gasteiger partial charge in [-0.3, -0.25) is 9.59 Å². The highest BCUT2D eigenvalue weighted by atomic mass is 16.4. The van der Waals surface area contributed by atoms with Gasteiger partial charge in [0.1, 0.15) is 0 Å². The van der Waals surface area contributed by atoms with Gasteiger partial charge in [-0.05, 0) is 18.8 Å². The van der Waals surface area contributed by atoms with E-state index in [-0.39, 0.29) is 12.5 Å². The van der Waals surface area contributed by atoms with Crippen molar-refractivity contribution in [2.24, 2.45) is 17.6 Å². The molecular formula is C11H22N2O3. The summed E-state index contributed by atoms with van der Waals surface area (Å²) in [5.41, 5.74) is 5.66. The van der Waals surface area contributed by atoms with Gasteiger partial charge in [-0.15, -0.1) is 0 Å². The zero-order valence-electron chi connectivity index (χ0n) is 10.2. The van der Waals surface area contributed by atoms with E-state index in [0.717, 1.165) is 0 Å². The molecule has 0 spiro atoms. The molecular weight excluding hydrogens is 208 g/mol. The van der Waals surface area contributed by atoms with E-state index >= 15 is 0 Å². The lowest BCUT2D eigenvalue weighted by atomic mass is 10.0. The Morgan fingerprint density at radius 1 is 1.38 bits per heavy atom. The average molecular weight is 230 g/mol. The van der Waals surface area contributed by atoms with Crippen LogP contribution in [0, 0.1) is 11.8 Å². The van der Waals surface area contributed by atoms with Crippen LogP contribution in [0.2, 0.25) is 0 Å². The summed E-state index contributed by atoms with van der Waals surface area (Å²) in [5.74, 6) is -1.34. The van der Waals surface area contributed by atoms with E-state index < -0.39 is 17.9 Å². The maximum Gasteiger partial charge on any atom is 0.308 e.